The van der Waals surface area contributed by atoms with Gasteiger partial charge in [-0.15, -0.1) is 12.4 Å². The number of nitro benzene ring substituents is 1. The van der Waals surface area contributed by atoms with Crippen molar-refractivity contribution in [3.63, 3.8) is 0 Å². The molecule has 2 aromatic rings. The number of nitrogens with zero attached hydrogens (tertiary/aromatic N) is 2. The summed E-state index contributed by atoms with van der Waals surface area (Å²) in [5, 5.41) is 20.8. The first-order chi connectivity index (χ1) is 10.1. The Bertz CT molecular complexity index is 628. The highest BCUT2D eigenvalue weighted by molar-refractivity contribution is 7.99. The van der Waals surface area contributed by atoms with Gasteiger partial charge in [-0.3, -0.25) is 10.1 Å². The summed E-state index contributed by atoms with van der Waals surface area (Å²) in [6.45, 7) is -0.0561. The SMILES string of the molecule is Cl.NC(CCO)c1ccc(Sc2ccccn2)c([N+](=O)[O-])c1. The van der Waals surface area contributed by atoms with Gasteiger partial charge in [-0.1, -0.05) is 23.9 Å². The molecule has 1 atom stereocenters. The van der Waals surface area contributed by atoms with E-state index in [1.807, 2.05) is 6.07 Å². The van der Waals surface area contributed by atoms with E-state index in [0.29, 0.717) is 21.9 Å². The number of rotatable bonds is 6. The van der Waals surface area contributed by atoms with Gasteiger partial charge in [-0.2, -0.15) is 0 Å². The van der Waals surface area contributed by atoms with Crippen LogP contribution in [-0.4, -0.2) is 21.6 Å². The number of benzene rings is 1. The van der Waals surface area contributed by atoms with Gasteiger partial charge in [0.2, 0.25) is 0 Å². The minimum atomic E-state index is -0.430. The minimum Gasteiger partial charge on any atom is -0.396 e. The van der Waals surface area contributed by atoms with Crippen molar-refractivity contribution >= 4 is 29.9 Å². The zero-order chi connectivity index (χ0) is 15.2. The van der Waals surface area contributed by atoms with Crippen molar-refractivity contribution in [3.05, 3.63) is 58.3 Å². The molecule has 0 saturated carbocycles. The van der Waals surface area contributed by atoms with Crippen LogP contribution in [0.3, 0.4) is 0 Å². The van der Waals surface area contributed by atoms with Crippen LogP contribution in [-0.2, 0) is 0 Å². The van der Waals surface area contributed by atoms with Gasteiger partial charge in [0.25, 0.3) is 5.69 Å². The van der Waals surface area contributed by atoms with E-state index in [0.717, 1.165) is 0 Å². The second-order valence-corrected chi connectivity index (χ2v) is 5.44. The smallest absolute Gasteiger partial charge is 0.283 e. The molecule has 1 unspecified atom stereocenters. The van der Waals surface area contributed by atoms with E-state index < -0.39 is 11.0 Å². The summed E-state index contributed by atoms with van der Waals surface area (Å²) in [5.41, 5.74) is 6.51. The summed E-state index contributed by atoms with van der Waals surface area (Å²) in [7, 11) is 0. The Kier molecular flexibility index (Phi) is 7.26. The molecule has 0 spiro atoms. The molecule has 8 heteroatoms. The van der Waals surface area contributed by atoms with Crippen LogP contribution >= 0.6 is 24.2 Å². The average Bonchev–Trinajstić information content (AvgIpc) is 2.48. The Morgan fingerprint density at radius 2 is 2.14 bits per heavy atom. The Morgan fingerprint density at radius 1 is 1.36 bits per heavy atom. The van der Waals surface area contributed by atoms with Gasteiger partial charge >= 0.3 is 0 Å². The Morgan fingerprint density at radius 3 is 2.73 bits per heavy atom. The van der Waals surface area contributed by atoms with E-state index in [4.69, 9.17) is 10.8 Å². The van der Waals surface area contributed by atoms with E-state index in [1.54, 1.807) is 30.5 Å². The van der Waals surface area contributed by atoms with Crippen LogP contribution < -0.4 is 5.73 Å². The lowest BCUT2D eigenvalue weighted by molar-refractivity contribution is -0.387. The summed E-state index contributed by atoms with van der Waals surface area (Å²) in [5.74, 6) is 0. The number of aliphatic hydroxyl groups is 1. The van der Waals surface area contributed by atoms with Crippen LogP contribution in [0.4, 0.5) is 5.69 Å². The van der Waals surface area contributed by atoms with Crippen LogP contribution in [0.15, 0.2) is 52.5 Å². The van der Waals surface area contributed by atoms with Gasteiger partial charge in [0, 0.05) is 24.9 Å². The van der Waals surface area contributed by atoms with Crippen molar-refractivity contribution in [1.82, 2.24) is 4.98 Å². The minimum absolute atomic E-state index is 0. The molecule has 3 N–H and O–H groups in total. The molecule has 0 fully saturated rings. The summed E-state index contributed by atoms with van der Waals surface area (Å²) < 4.78 is 0. The second kappa shape index (κ2) is 8.70. The normalized spacial score (nSPS) is 11.5. The Balaban J connectivity index is 0.00000242. The van der Waals surface area contributed by atoms with Crippen molar-refractivity contribution in [3.8, 4) is 0 Å². The molecular weight excluding hydrogens is 326 g/mol. The number of nitrogens with two attached hydrogens (primary N) is 1. The third-order valence-corrected chi connectivity index (χ3v) is 3.92. The molecule has 0 aliphatic heterocycles. The molecule has 0 aliphatic rings. The molecule has 0 aliphatic carbocycles. The van der Waals surface area contributed by atoms with Crippen LogP contribution in [0.25, 0.3) is 0 Å². The van der Waals surface area contributed by atoms with E-state index in [9.17, 15) is 10.1 Å². The molecular formula is C14H16ClN3O3S. The van der Waals surface area contributed by atoms with Gasteiger partial charge < -0.3 is 10.8 Å². The fourth-order valence-corrected chi connectivity index (χ4v) is 2.68. The summed E-state index contributed by atoms with van der Waals surface area (Å²) >= 11 is 1.23. The van der Waals surface area contributed by atoms with E-state index in [2.05, 4.69) is 4.98 Å². The van der Waals surface area contributed by atoms with Crippen molar-refractivity contribution in [1.29, 1.82) is 0 Å². The summed E-state index contributed by atoms with van der Waals surface area (Å²) in [6.07, 6.45) is 2.00. The zero-order valence-corrected chi connectivity index (χ0v) is 13.2. The van der Waals surface area contributed by atoms with Crippen LogP contribution in [0.1, 0.15) is 18.0 Å². The van der Waals surface area contributed by atoms with Crippen molar-refractivity contribution in [2.75, 3.05) is 6.61 Å². The molecule has 118 valence electrons. The molecule has 1 heterocycles. The largest absolute Gasteiger partial charge is 0.396 e. The zero-order valence-electron chi connectivity index (χ0n) is 11.6. The molecule has 0 amide bonds. The molecule has 1 aromatic carbocycles. The lowest BCUT2D eigenvalue weighted by Crippen LogP contribution is -2.12. The van der Waals surface area contributed by atoms with E-state index in [-0.39, 0.29) is 24.7 Å². The third-order valence-electron chi connectivity index (χ3n) is 2.90. The van der Waals surface area contributed by atoms with E-state index in [1.165, 1.54) is 17.8 Å². The van der Waals surface area contributed by atoms with Gasteiger partial charge in [-0.25, -0.2) is 4.98 Å². The Labute approximate surface area is 138 Å². The maximum absolute atomic E-state index is 11.2. The molecule has 22 heavy (non-hydrogen) atoms. The fourth-order valence-electron chi connectivity index (χ4n) is 1.82. The highest BCUT2D eigenvalue weighted by Gasteiger charge is 2.18. The summed E-state index contributed by atoms with van der Waals surface area (Å²) in [6, 6.07) is 9.87. The predicted octanol–water partition coefficient (Wildman–Crippen LogP) is 2.95. The number of halogens is 1. The summed E-state index contributed by atoms with van der Waals surface area (Å²) in [4.78, 5) is 15.5. The molecule has 2 rings (SSSR count). The van der Waals surface area contributed by atoms with Gasteiger partial charge in [-0.05, 0) is 30.2 Å². The van der Waals surface area contributed by atoms with Gasteiger partial charge in [0.15, 0.2) is 0 Å². The number of aromatic nitrogens is 1. The lowest BCUT2D eigenvalue weighted by atomic mass is 10.0. The predicted molar refractivity (Wildman–Crippen MR) is 87.3 cm³/mol. The standard InChI is InChI=1S/C14H15N3O3S.ClH/c15-11(6-8-18)10-4-5-13(12(9-10)17(19)20)21-14-3-1-2-7-16-14;/h1-5,7,9,11,18H,6,8,15H2;1H. The lowest BCUT2D eigenvalue weighted by Gasteiger charge is -2.11. The van der Waals surface area contributed by atoms with Crippen molar-refractivity contribution in [2.24, 2.45) is 5.73 Å². The van der Waals surface area contributed by atoms with Crippen molar-refractivity contribution in [2.45, 2.75) is 22.4 Å². The highest BCUT2D eigenvalue weighted by Crippen LogP contribution is 2.35. The van der Waals surface area contributed by atoms with E-state index >= 15 is 0 Å². The second-order valence-electron chi connectivity index (χ2n) is 4.37. The monoisotopic (exact) mass is 341 g/mol. The number of hydrogen-bond acceptors (Lipinski definition) is 6. The number of pyridine rings is 1. The quantitative estimate of drug-likeness (QED) is 0.618. The average molecular weight is 342 g/mol. The first-order valence-corrected chi connectivity index (χ1v) is 7.17. The number of hydrogen-bond donors (Lipinski definition) is 2. The Hall–Kier alpha value is -1.67. The van der Waals surface area contributed by atoms with Gasteiger partial charge in [0.1, 0.15) is 5.03 Å². The maximum Gasteiger partial charge on any atom is 0.283 e. The topological polar surface area (TPSA) is 102 Å². The molecule has 0 bridgehead atoms. The number of aliphatic hydroxyl groups excluding tert-OH is 1. The maximum atomic E-state index is 11.2. The molecule has 1 aromatic heterocycles. The van der Waals surface area contributed by atoms with Crippen LogP contribution in [0.5, 0.6) is 0 Å². The van der Waals surface area contributed by atoms with Crippen LogP contribution in [0, 0.1) is 10.1 Å². The molecule has 0 saturated heterocycles. The first-order valence-electron chi connectivity index (χ1n) is 6.35. The van der Waals surface area contributed by atoms with Crippen LogP contribution in [0.2, 0.25) is 0 Å². The fraction of sp³-hybridized carbons (Fsp3) is 0.214. The molecule has 0 radical (unpaired) electrons. The first kappa shape index (κ1) is 18.4. The number of nitro groups is 1. The van der Waals surface area contributed by atoms with Gasteiger partial charge in [0.05, 0.1) is 9.82 Å². The highest BCUT2D eigenvalue weighted by atomic mass is 35.5. The third kappa shape index (κ3) is 4.67. The molecule has 6 nitrogen and oxygen atoms in total. The van der Waals surface area contributed by atoms with Crippen molar-refractivity contribution < 1.29 is 10.0 Å².